The van der Waals surface area contributed by atoms with Crippen LogP contribution in [-0.2, 0) is 19.2 Å². The molecule has 0 spiro atoms. The number of ether oxygens (including phenoxy) is 3. The van der Waals surface area contributed by atoms with Crippen molar-refractivity contribution in [2.75, 3.05) is 54.0 Å². The maximum absolute atomic E-state index is 12.6. The van der Waals surface area contributed by atoms with Crippen LogP contribution in [0.5, 0.6) is 17.2 Å². The third-order valence-electron chi connectivity index (χ3n) is 22.2. The summed E-state index contributed by atoms with van der Waals surface area (Å²) in [7, 11) is 0. The van der Waals surface area contributed by atoms with E-state index in [0.29, 0.717) is 107 Å². The maximum atomic E-state index is 12.6. The number of pyridine rings is 3. The molecule has 4 atom stereocenters. The number of nitrogens with zero attached hydrogens (tertiary/aromatic N) is 19. The van der Waals surface area contributed by atoms with Crippen molar-refractivity contribution in [3.05, 3.63) is 237 Å². The summed E-state index contributed by atoms with van der Waals surface area (Å²) in [5, 5.41) is 108. The van der Waals surface area contributed by atoms with Crippen molar-refractivity contribution in [1.82, 2.24) is 19.4 Å². The van der Waals surface area contributed by atoms with E-state index in [0.717, 1.165) is 80.7 Å². The average molecular weight is 1910 g/mol. The Balaban J connectivity index is 0.000000163. The molecule has 4 N–H and O–H groups in total. The van der Waals surface area contributed by atoms with Crippen LogP contribution in [0.25, 0.3) is 5.70 Å². The van der Waals surface area contributed by atoms with Crippen molar-refractivity contribution in [2.45, 2.75) is 195 Å². The van der Waals surface area contributed by atoms with Gasteiger partial charge in [0.05, 0.1) is 96.4 Å². The second-order valence-electron chi connectivity index (χ2n) is 35.3. The van der Waals surface area contributed by atoms with Crippen LogP contribution in [-0.4, -0.2) is 163 Å². The summed E-state index contributed by atoms with van der Waals surface area (Å²) >= 11 is 4.47. The molecule has 17 rings (SSSR count). The Bertz CT molecular complexity index is 6160. The quantitative estimate of drug-likeness (QED) is 0.0122. The first-order chi connectivity index (χ1) is 62.8. The molecule has 2 saturated heterocycles. The third-order valence-corrected chi connectivity index (χ3v) is 25.8. The number of rotatable bonds is 13. The fraction of sp³-hybridized carbons (Fsp3) is 0.396. The second kappa shape index (κ2) is 43.7. The zero-order valence-electron chi connectivity index (χ0n) is 76.2. The molecule has 2 amide bonds. The van der Waals surface area contributed by atoms with Crippen LogP contribution in [0.1, 0.15) is 185 Å². The average Bonchev–Trinajstić information content (AvgIpc) is 1.47. The number of nitriles is 2. The predicted octanol–water partition coefficient (Wildman–Crippen LogP) is 12.2. The SMILES string of the molecule is CC(=O)CN1CC(C)(C)Sc2ccc([N+](=O)[O-])cc21.CC1(C)C=C(n2ccccc2=O)c2cc(C#N)ccc2C1=O.CC1(C)CN(C2=CCCC2=O)c2cc(C#N)ccc2S1.CC1(C)CN(c2cccc[n+]2O)c2cc([N+](=O)[O-])ccc2O1.CC1(C)Oc2cc([N+](=O)[O-])sc2[C@@H](N2CCCCC2=O)[C@@H]1O.CC1(C)Oc2ccncc2[C@@H](N2CCCC2=O)[C@@H]1O.N=N/N=N/N=N/N=C/[O-].[K+]. The van der Waals surface area contributed by atoms with E-state index in [1.807, 2.05) is 87.4 Å². The fourth-order valence-electron chi connectivity index (χ4n) is 16.3. The summed E-state index contributed by atoms with van der Waals surface area (Å²) in [6.07, 6.45) is 13.8. The molecule has 43 heteroatoms. The molecule has 7 aliphatic heterocycles. The number of nitrogens with one attached hydrogen (secondary N) is 1. The number of nitro groups is 3. The van der Waals surface area contributed by atoms with Gasteiger partial charge in [0.25, 0.3) is 16.9 Å². The number of thioether (sulfide) groups is 2. The topological polar surface area (TPSA) is 527 Å². The smallest absolute Gasteiger partial charge is 0.863 e. The Morgan fingerprint density at radius 1 is 0.642 bits per heavy atom. The van der Waals surface area contributed by atoms with Crippen molar-refractivity contribution in [3.8, 4) is 29.4 Å². The molecule has 134 heavy (non-hydrogen) atoms. The second-order valence-corrected chi connectivity index (χ2v) is 39.9. The van der Waals surface area contributed by atoms with Gasteiger partial charge in [-0.3, -0.25) is 68.7 Å². The molecule has 4 aromatic heterocycles. The first-order valence-electron chi connectivity index (χ1n) is 42.1. The van der Waals surface area contributed by atoms with Gasteiger partial charge in [-0.25, -0.2) is 4.90 Å². The van der Waals surface area contributed by atoms with Gasteiger partial charge in [-0.1, -0.05) is 34.3 Å². The summed E-state index contributed by atoms with van der Waals surface area (Å²) in [4.78, 5) is 120. The summed E-state index contributed by atoms with van der Waals surface area (Å²) in [5.41, 5.74) is 9.92. The van der Waals surface area contributed by atoms with E-state index in [-0.39, 0.29) is 131 Å². The third kappa shape index (κ3) is 24.8. The number of aliphatic hydroxyl groups is 2. The van der Waals surface area contributed by atoms with Crippen LogP contribution in [0.3, 0.4) is 0 Å². The van der Waals surface area contributed by atoms with Gasteiger partial charge in [-0.05, 0) is 221 Å². The van der Waals surface area contributed by atoms with E-state index in [1.54, 1.807) is 133 Å². The van der Waals surface area contributed by atoms with Crippen molar-refractivity contribution in [1.29, 1.82) is 16.1 Å². The standard InChI is InChI=1S/C18H14N2O2.C16H16N2OS.C15H16N3O4.C14H18N2O5S.C14H18N2O3.C13H16N2O3S.CH3N7O.K/c1-18(2)10-15(20-8-4-3-5-16(20)21)14-9-12(11-19)6-7-13(14)17(18)22;1-16(2)10-18(12-4-3-5-14(12)19)13-8-11(9-17)6-7-15(13)20-16;1-15(2)10-16(14-5-3-4-8-17(14)19)12-9-11(18(20)21)6-7-13(12)22-15;1-14(2)13(18)11(15-6-4-3-5-9(15)17)12-8(21-14)7-10(22-12)16(19)20;1-14(2)13(18)12(16-7-3-4-11(16)17)9-8-15-6-5-10(9)19-14;1-9(16)7-14-8-13(2,3)19-12-5-4-10(15(17)18)6-11(12)14;2-4-6-8-7-5-3-1-9;/h3-10H,1-2H3;4,6-8H,3,5,10H2,1-2H3;3-9,19H,10H2,1-2H3;7,11,13,18H,3-6H2,1-2H3;5-6,8,12-13,18H,3-4,7H2,1-2H3;4-6H,7-8H2,1-3H3;1H,(H2,2,3,6,7,9);/q;;+1;;;;;+1/p-1/t;;;11-,13+;12-,13+;;;/m...11.../s1. The van der Waals surface area contributed by atoms with Gasteiger partial charge in [0.1, 0.15) is 59.0 Å². The fourth-order valence-corrected chi connectivity index (χ4v) is 19.8. The van der Waals surface area contributed by atoms with Gasteiger partial charge in [-0.15, -0.1) is 23.5 Å². The molecule has 0 unspecified atom stereocenters. The molecular weight excluding hydrogens is 1810 g/mol. The maximum Gasteiger partial charge on any atom is 1.00 e. The number of Topliss-reactive ketones (excluding diaryl/α,β-unsaturated/α-hetero) is 3. The Morgan fingerprint density at radius 3 is 1.86 bits per heavy atom. The monoisotopic (exact) mass is 1910 g/mol. The summed E-state index contributed by atoms with van der Waals surface area (Å²) in [6, 6.07) is 36.6. The predicted molar refractivity (Wildman–Crippen MR) is 491 cm³/mol. The van der Waals surface area contributed by atoms with Crippen LogP contribution in [0.2, 0.25) is 0 Å². The van der Waals surface area contributed by atoms with Gasteiger partial charge in [0, 0.05) is 136 Å². The first kappa shape index (κ1) is 104. The van der Waals surface area contributed by atoms with Crippen molar-refractivity contribution < 1.29 is 130 Å². The Kier molecular flexibility index (Phi) is 33.8. The van der Waals surface area contributed by atoms with Crippen LogP contribution in [0.4, 0.5) is 39.3 Å². The zero-order valence-corrected chi connectivity index (χ0v) is 81.8. The van der Waals surface area contributed by atoms with E-state index in [2.05, 4.69) is 80.9 Å². The molecule has 4 aromatic carbocycles. The summed E-state index contributed by atoms with van der Waals surface area (Å²) < 4.78 is 20.0. The van der Waals surface area contributed by atoms with E-state index < -0.39 is 55.2 Å². The Hall–Kier alpha value is -12.4. The number of ketones is 3. The number of anilines is 4. The molecule has 9 aliphatic rings. The first-order valence-corrected chi connectivity index (χ1v) is 44.5. The number of aromatic nitrogens is 3. The van der Waals surface area contributed by atoms with Gasteiger partial charge in [0.2, 0.25) is 11.8 Å². The minimum atomic E-state index is -0.930. The number of amides is 2. The number of benzene rings is 4. The Labute approximate surface area is 826 Å². The van der Waals surface area contributed by atoms with Gasteiger partial charge in [0.15, 0.2) is 23.0 Å². The Morgan fingerprint density at radius 2 is 1.25 bits per heavy atom. The number of non-ortho nitro benzene ring substituents is 2. The number of carbonyl (C=O) groups is 5. The van der Waals surface area contributed by atoms with Crippen molar-refractivity contribution in [3.63, 3.8) is 0 Å². The van der Waals surface area contributed by atoms with E-state index >= 15 is 0 Å². The number of fused-ring (bicyclic) bond motifs is 6. The van der Waals surface area contributed by atoms with Crippen molar-refractivity contribution >= 4 is 115 Å². The molecule has 8 aromatic rings. The zero-order chi connectivity index (χ0) is 97.0. The van der Waals surface area contributed by atoms with E-state index in [1.165, 1.54) is 48.0 Å². The number of thiophene rings is 1. The molecule has 696 valence electrons. The van der Waals surface area contributed by atoms with Gasteiger partial charge >= 0.3 is 62.2 Å². The summed E-state index contributed by atoms with van der Waals surface area (Å²) in [5.74, 6) is 2.49. The molecule has 11 heterocycles. The van der Waals surface area contributed by atoms with Crippen LogP contribution in [0.15, 0.2) is 210 Å². The van der Waals surface area contributed by atoms with Crippen molar-refractivity contribution in [2.24, 2.45) is 36.6 Å². The van der Waals surface area contributed by atoms with E-state index in [4.69, 9.17) is 30.3 Å². The largest absolute Gasteiger partial charge is 1.00 e. The normalized spacial score (nSPS) is 20.0. The van der Waals surface area contributed by atoms with Gasteiger partial charge in [-0.2, -0.15) is 21.2 Å². The van der Waals surface area contributed by atoms with Crippen LogP contribution in [0, 0.1) is 64.0 Å². The molecule has 0 bridgehead atoms. The molecule has 39 nitrogen and oxygen atoms in total. The van der Waals surface area contributed by atoms with Gasteiger partial charge < -0.3 is 54.3 Å². The summed E-state index contributed by atoms with van der Waals surface area (Å²) in [6.45, 7) is 28.2. The number of carbonyl (C=O) groups excluding carboxylic acids is 5. The van der Waals surface area contributed by atoms with Crippen LogP contribution >= 0.6 is 34.9 Å². The molecule has 0 radical (unpaired) electrons. The molecule has 0 saturated carbocycles. The number of aliphatic hydroxyl groups excluding tert-OH is 2. The molecular formula is C91H100KN20O19S3+. The van der Waals surface area contributed by atoms with E-state index in [9.17, 15) is 79.6 Å². The number of hydrogen-bond donors (Lipinski definition) is 4. The van der Waals surface area contributed by atoms with Crippen LogP contribution < -0.4 is 95.7 Å². The molecule has 2 aliphatic carbocycles. The number of likely N-dealkylation sites (tertiary alicyclic amines) is 2. The minimum absolute atomic E-state index is 0. The number of allylic oxidation sites excluding steroid dienone is 3. The number of hydrogen-bond acceptors (Lipinski definition) is 30. The number of nitro benzene ring substituents is 2. The number of piperidine rings is 1. The minimum Gasteiger partial charge on any atom is -0.863 e. The molecule has 2 fully saturated rings.